The van der Waals surface area contributed by atoms with E-state index in [4.69, 9.17) is 10.3 Å². The fourth-order valence-corrected chi connectivity index (χ4v) is 19.2. The van der Waals surface area contributed by atoms with Gasteiger partial charge in [-0.25, -0.2) is 46.3 Å². The zero-order valence-electron chi connectivity index (χ0n) is 33.7. The van der Waals surface area contributed by atoms with Gasteiger partial charge in [-0.3, -0.25) is 4.03 Å². The first kappa shape index (κ1) is 53.0. The van der Waals surface area contributed by atoms with Crippen molar-refractivity contribution < 1.29 is 36.4 Å². The molecule has 314 valence electrons. The average molecular weight is 909 g/mol. The van der Waals surface area contributed by atoms with E-state index in [2.05, 4.69) is 86.7 Å². The zero-order valence-corrected chi connectivity index (χ0v) is 40.6. The summed E-state index contributed by atoms with van der Waals surface area (Å²) in [6, 6.07) is 0. The first-order valence-corrected chi connectivity index (χ1v) is 29.8. The number of nitrogens with zero attached hydrogens (tertiary/aromatic N) is 4. The fourth-order valence-electron chi connectivity index (χ4n) is 3.32. The molecule has 7 N–H and O–H groups in total. The van der Waals surface area contributed by atoms with Crippen LogP contribution in [0.25, 0.3) is 0 Å². The highest BCUT2D eigenvalue weighted by Crippen LogP contribution is 2.40. The molecule has 0 aliphatic heterocycles. The lowest BCUT2D eigenvalue weighted by atomic mass is 10.2. The molecule has 0 saturated heterocycles. The molecule has 1 atom stereocenters. The Morgan fingerprint density at radius 3 is 1.20 bits per heavy atom. The van der Waals surface area contributed by atoms with E-state index < -0.39 is 62.9 Å². The van der Waals surface area contributed by atoms with Crippen molar-refractivity contribution >= 4 is 80.1 Å². The molecule has 1 unspecified atom stereocenters. The van der Waals surface area contributed by atoms with Gasteiger partial charge >= 0.3 is 0 Å². The van der Waals surface area contributed by atoms with Gasteiger partial charge in [-0.1, -0.05) is 62.1 Å². The molecule has 0 aliphatic rings. The molecule has 0 aliphatic carbocycles. The van der Waals surface area contributed by atoms with E-state index >= 15 is 0 Å². The number of sulfone groups is 1. The summed E-state index contributed by atoms with van der Waals surface area (Å²) in [5.74, 6) is 0. The van der Waals surface area contributed by atoms with Crippen LogP contribution < -0.4 is 10.3 Å². The Morgan fingerprint density at radius 2 is 0.926 bits per heavy atom. The van der Waals surface area contributed by atoms with E-state index in [1.165, 1.54) is 26.2 Å². The van der Waals surface area contributed by atoms with Gasteiger partial charge in [0.25, 0.3) is 0 Å². The van der Waals surface area contributed by atoms with Crippen molar-refractivity contribution in [1.82, 2.24) is 15.0 Å². The van der Waals surface area contributed by atoms with E-state index in [1.807, 2.05) is 0 Å². The molecule has 3 heterocycles. The Labute approximate surface area is 338 Å². The van der Waals surface area contributed by atoms with Crippen molar-refractivity contribution in [3.8, 4) is 0 Å². The highest BCUT2D eigenvalue weighted by atomic mass is 32.3. The maximum atomic E-state index is 12.7. The van der Waals surface area contributed by atoms with Gasteiger partial charge in [0.2, 0.25) is 10.0 Å². The van der Waals surface area contributed by atoms with E-state index in [-0.39, 0.29) is 31.3 Å². The van der Waals surface area contributed by atoms with Crippen LogP contribution in [-0.4, -0.2) is 73.0 Å². The maximum absolute atomic E-state index is 12.7. The number of thiazole rings is 3. The smallest absolute Gasteiger partial charge is 0.249 e. The summed E-state index contributed by atoms with van der Waals surface area (Å²) in [6.07, 6.45) is 3.99. The standard InChI is InChI=1S/C13H25NO3S2Si.C12H25N3O2S2Si.C6H10N2O3S2.CH4/c1-12(2,3)20(6,7)9-19(16,17)10-8-14-11(18-10)13(4,5)15;1-11(2,3)20(6,7)15-19(13,17)9-8-14-10(18-9)12(4,5)16;1-6(2,9)5-8-3-4(12-5)13(7,10)11;/h8,15H,9H2,1-7H3;8,16H,1-7H3,(H2,13,15,17);3,9H,1-2H3,(H2,7,10,11);1H4. The average Bonchev–Trinajstić information content (AvgIpc) is 3.67. The molecule has 0 aromatic carbocycles. The van der Waals surface area contributed by atoms with Crippen LogP contribution in [0.4, 0.5) is 0 Å². The van der Waals surface area contributed by atoms with Crippen LogP contribution in [0, 0.1) is 0 Å². The van der Waals surface area contributed by atoms with Crippen molar-refractivity contribution in [2.75, 3.05) is 5.38 Å². The molecule has 54 heavy (non-hydrogen) atoms. The van der Waals surface area contributed by atoms with Crippen molar-refractivity contribution in [2.45, 2.75) is 156 Å². The maximum Gasteiger partial charge on any atom is 0.249 e. The predicted molar refractivity (Wildman–Crippen MR) is 230 cm³/mol. The third-order valence-electron chi connectivity index (χ3n) is 8.68. The molecule has 3 aromatic heterocycles. The highest BCUT2D eigenvalue weighted by Gasteiger charge is 2.41. The van der Waals surface area contributed by atoms with E-state index in [0.29, 0.717) is 19.2 Å². The van der Waals surface area contributed by atoms with Crippen molar-refractivity contribution in [1.29, 1.82) is 0 Å². The topological polar surface area (TPSA) is 249 Å². The van der Waals surface area contributed by atoms with Crippen molar-refractivity contribution in [3.63, 3.8) is 0 Å². The Kier molecular flexibility index (Phi) is 17.1. The molecule has 3 rings (SSSR count). The van der Waals surface area contributed by atoms with Gasteiger partial charge in [-0.15, -0.1) is 34.0 Å². The summed E-state index contributed by atoms with van der Waals surface area (Å²) in [5.41, 5.74) is -3.29. The normalized spacial score (nSPS) is 14.8. The van der Waals surface area contributed by atoms with Crippen molar-refractivity contribution in [3.05, 3.63) is 33.6 Å². The Bertz CT molecular complexity index is 2050. The van der Waals surface area contributed by atoms with Gasteiger partial charge in [-0.05, 0) is 64.7 Å². The van der Waals surface area contributed by atoms with Gasteiger partial charge < -0.3 is 15.3 Å². The van der Waals surface area contributed by atoms with E-state index in [9.17, 15) is 36.4 Å². The second-order valence-corrected chi connectivity index (χ2v) is 38.0. The number of aliphatic hydroxyl groups is 3. The summed E-state index contributed by atoms with van der Waals surface area (Å²) in [6.45, 7) is 30.4. The number of primary sulfonamides is 1. The second kappa shape index (κ2) is 17.4. The molecule has 14 nitrogen and oxygen atoms in total. The summed E-state index contributed by atoms with van der Waals surface area (Å²) in [5, 5.41) is 41.6. The molecule has 0 amide bonds. The number of hydrogen-bond donors (Lipinski definition) is 5. The number of rotatable bonds is 9. The van der Waals surface area contributed by atoms with E-state index in [1.54, 1.807) is 27.7 Å². The molecular weight excluding hydrogens is 845 g/mol. The molecular formula is C32H64N6O8S6Si2. The van der Waals surface area contributed by atoms with Gasteiger partial charge in [0.15, 0.2) is 22.3 Å². The lowest BCUT2D eigenvalue weighted by Gasteiger charge is -2.36. The van der Waals surface area contributed by atoms with Crippen LogP contribution in [0.15, 0.2) is 35.2 Å². The molecule has 0 fully saturated rings. The molecule has 0 spiro atoms. The monoisotopic (exact) mass is 908 g/mol. The minimum atomic E-state index is -3.70. The largest absolute Gasteiger partial charge is 0.383 e. The van der Waals surface area contributed by atoms with Crippen LogP contribution in [-0.2, 0) is 46.6 Å². The third kappa shape index (κ3) is 15.0. The Hall–Kier alpha value is -1.03. The number of sulfonamides is 1. The summed E-state index contributed by atoms with van der Waals surface area (Å²) >= 11 is 3.11. The number of hydrogen-bond acceptors (Lipinski definition) is 15. The van der Waals surface area contributed by atoms with Crippen LogP contribution in [0.2, 0.25) is 36.3 Å². The molecule has 0 radical (unpaired) electrons. The SMILES string of the molecule is C.CC(C)(O)c1ncc(S(=O)(=O)C[Si](C)(C)C(C)(C)C)s1.CC(C)(O)c1ncc(S(N)(=O)=N[Si](C)(C)C(C)(C)C)s1.CC(C)(O)c1ncc(S(N)(=O)=O)s1. The van der Waals surface area contributed by atoms with Crippen LogP contribution in [0.5, 0.6) is 0 Å². The summed E-state index contributed by atoms with van der Waals surface area (Å²) in [4.78, 5) is 11.9. The quantitative estimate of drug-likeness (QED) is 0.138. The van der Waals surface area contributed by atoms with Crippen molar-refractivity contribution in [2.24, 2.45) is 14.3 Å². The van der Waals surface area contributed by atoms with Gasteiger partial charge in [0.1, 0.15) is 50.2 Å². The lowest BCUT2D eigenvalue weighted by Crippen LogP contribution is -2.44. The zero-order chi connectivity index (χ0) is 42.2. The summed E-state index contributed by atoms with van der Waals surface area (Å²) < 4.78 is 64.7. The van der Waals surface area contributed by atoms with Gasteiger partial charge in [-0.2, -0.15) is 0 Å². The first-order valence-electron chi connectivity index (χ1n) is 16.4. The van der Waals surface area contributed by atoms with Gasteiger partial charge in [0, 0.05) is 5.38 Å². The third-order valence-corrected chi connectivity index (χ3v) is 32.0. The van der Waals surface area contributed by atoms with Crippen LogP contribution in [0.3, 0.4) is 0 Å². The highest BCUT2D eigenvalue weighted by molar-refractivity contribution is 7.95. The minimum absolute atomic E-state index is 0. The lowest BCUT2D eigenvalue weighted by molar-refractivity contribution is 0.0777. The molecule has 22 heteroatoms. The number of nitrogens with two attached hydrogens (primary N) is 2. The van der Waals surface area contributed by atoms with Crippen LogP contribution >= 0.6 is 34.0 Å². The molecule has 0 saturated carbocycles. The van der Waals surface area contributed by atoms with Gasteiger partial charge in [0.05, 0.1) is 26.7 Å². The van der Waals surface area contributed by atoms with Crippen LogP contribution in [0.1, 0.15) is 106 Å². The van der Waals surface area contributed by atoms with E-state index in [0.717, 1.165) is 40.2 Å². The molecule has 3 aromatic rings. The molecule has 0 bridgehead atoms. The summed E-state index contributed by atoms with van der Waals surface area (Å²) in [7, 11) is -14.0. The Morgan fingerprint density at radius 1 is 0.611 bits per heavy atom. The minimum Gasteiger partial charge on any atom is -0.383 e. The Balaban J connectivity index is 0.000000792. The fraction of sp³-hybridized carbons (Fsp3) is 0.719. The second-order valence-electron chi connectivity index (χ2n) is 17.5. The first-order chi connectivity index (χ1) is 23.0. The number of aromatic nitrogens is 3. The predicted octanol–water partition coefficient (Wildman–Crippen LogP) is 6.92.